The number of ether oxygens (including phenoxy) is 1. The van der Waals surface area contributed by atoms with Crippen molar-refractivity contribution in [3.05, 3.63) is 36.0 Å². The topological polar surface area (TPSA) is 94.7 Å². The quantitative estimate of drug-likeness (QED) is 0.619. The lowest BCUT2D eigenvalue weighted by Crippen LogP contribution is -2.59. The van der Waals surface area contributed by atoms with E-state index in [9.17, 15) is 14.7 Å². The second-order valence-electron chi connectivity index (χ2n) is 11.7. The van der Waals surface area contributed by atoms with Crippen molar-refractivity contribution in [1.82, 2.24) is 15.2 Å². The van der Waals surface area contributed by atoms with Gasteiger partial charge < -0.3 is 25.0 Å². The van der Waals surface area contributed by atoms with Crippen LogP contribution in [0.1, 0.15) is 58.9 Å². The monoisotopic (exact) mass is 467 g/mol. The summed E-state index contributed by atoms with van der Waals surface area (Å²) < 4.78 is 6.04. The smallest absolute Gasteiger partial charge is 0.408 e. The Bertz CT molecular complexity index is 1110. The van der Waals surface area contributed by atoms with Crippen molar-refractivity contribution < 1.29 is 19.4 Å². The zero-order chi connectivity index (χ0) is 24.3. The molecule has 5 rings (SSSR count). The van der Waals surface area contributed by atoms with Gasteiger partial charge >= 0.3 is 6.09 Å². The van der Waals surface area contributed by atoms with E-state index in [4.69, 9.17) is 4.74 Å². The average molecular weight is 468 g/mol. The van der Waals surface area contributed by atoms with Gasteiger partial charge in [0.1, 0.15) is 11.6 Å². The molecule has 7 heteroatoms. The van der Waals surface area contributed by atoms with Crippen molar-refractivity contribution in [3.8, 4) is 0 Å². The molecular weight excluding hydrogens is 430 g/mol. The van der Waals surface area contributed by atoms with Crippen molar-refractivity contribution in [2.75, 3.05) is 13.1 Å². The highest BCUT2D eigenvalue weighted by atomic mass is 16.6. The average Bonchev–Trinajstić information content (AvgIpc) is 3.49. The Balaban J connectivity index is 1.38. The Morgan fingerprint density at radius 1 is 1.26 bits per heavy atom. The Morgan fingerprint density at radius 2 is 2.03 bits per heavy atom. The summed E-state index contributed by atoms with van der Waals surface area (Å²) in [5.74, 6) is 0.367. The third-order valence-electron chi connectivity index (χ3n) is 9.48. The molecule has 0 spiro atoms. The fourth-order valence-electron chi connectivity index (χ4n) is 6.80. The molecule has 184 valence electrons. The van der Waals surface area contributed by atoms with Gasteiger partial charge in [0.2, 0.25) is 5.91 Å². The highest BCUT2D eigenvalue weighted by Crippen LogP contribution is 2.66. The number of likely N-dealkylation sites (tertiary alicyclic amines) is 1. The summed E-state index contributed by atoms with van der Waals surface area (Å²) in [6, 6.07) is 7.94. The molecule has 5 atom stereocenters. The summed E-state index contributed by atoms with van der Waals surface area (Å²) >= 11 is 0. The van der Waals surface area contributed by atoms with Crippen LogP contribution in [-0.2, 0) is 16.0 Å². The van der Waals surface area contributed by atoms with Crippen LogP contribution in [0.3, 0.4) is 0 Å². The fraction of sp³-hybridized carbons (Fsp3) is 0.630. The van der Waals surface area contributed by atoms with Gasteiger partial charge in [-0.3, -0.25) is 4.79 Å². The van der Waals surface area contributed by atoms with E-state index in [-0.39, 0.29) is 29.4 Å². The van der Waals surface area contributed by atoms with Gasteiger partial charge in [-0.2, -0.15) is 0 Å². The maximum atomic E-state index is 13.7. The fourth-order valence-corrected chi connectivity index (χ4v) is 6.80. The van der Waals surface area contributed by atoms with E-state index < -0.39 is 17.7 Å². The minimum absolute atomic E-state index is 0.0503. The molecule has 34 heavy (non-hydrogen) atoms. The van der Waals surface area contributed by atoms with Crippen molar-refractivity contribution in [3.63, 3.8) is 0 Å². The number of aliphatic hydroxyl groups excluding tert-OH is 1. The van der Waals surface area contributed by atoms with Gasteiger partial charge in [-0.1, -0.05) is 39.0 Å². The zero-order valence-electron chi connectivity index (χ0n) is 20.7. The molecule has 5 unspecified atom stereocenters. The molecule has 2 heterocycles. The number of hydrogen-bond donors (Lipinski definition) is 3. The molecule has 2 amide bonds. The van der Waals surface area contributed by atoms with Crippen LogP contribution in [0.4, 0.5) is 4.79 Å². The van der Waals surface area contributed by atoms with Crippen molar-refractivity contribution in [1.29, 1.82) is 0 Å². The van der Waals surface area contributed by atoms with Gasteiger partial charge in [0, 0.05) is 42.0 Å². The van der Waals surface area contributed by atoms with Crippen LogP contribution < -0.4 is 5.32 Å². The third-order valence-corrected chi connectivity index (χ3v) is 9.48. The maximum Gasteiger partial charge on any atom is 0.408 e. The molecule has 2 aliphatic carbocycles. The number of nitrogens with zero attached hydrogens (tertiary/aromatic N) is 1. The van der Waals surface area contributed by atoms with E-state index in [0.717, 1.165) is 29.3 Å². The van der Waals surface area contributed by atoms with Gasteiger partial charge in [-0.05, 0) is 55.6 Å². The summed E-state index contributed by atoms with van der Waals surface area (Å²) in [5.41, 5.74) is 0.835. The van der Waals surface area contributed by atoms with Crippen LogP contribution in [0.2, 0.25) is 0 Å². The largest absolute Gasteiger partial charge is 0.446 e. The van der Waals surface area contributed by atoms with E-state index in [1.807, 2.05) is 30.5 Å². The molecular formula is C27H37N3O4. The summed E-state index contributed by atoms with van der Waals surface area (Å²) in [6.45, 7) is 9.35. The molecule has 1 aromatic heterocycles. The first kappa shape index (κ1) is 23.2. The number of aliphatic hydroxyl groups is 1. The first-order valence-corrected chi connectivity index (χ1v) is 12.5. The van der Waals surface area contributed by atoms with E-state index in [1.54, 1.807) is 11.8 Å². The molecule has 1 aliphatic heterocycles. The maximum absolute atomic E-state index is 13.7. The zero-order valence-corrected chi connectivity index (χ0v) is 20.7. The van der Waals surface area contributed by atoms with Crippen LogP contribution in [0, 0.1) is 16.7 Å². The number of rotatable bonds is 5. The number of β-amino-alcohol motifs (C(OH)–C–C–N with tert-alkyl or cyclic N) is 1. The van der Waals surface area contributed by atoms with Crippen LogP contribution in [0.15, 0.2) is 30.5 Å². The number of aromatic nitrogens is 1. The molecule has 7 nitrogen and oxygen atoms in total. The lowest BCUT2D eigenvalue weighted by atomic mass is 9.70. The molecule has 2 aromatic rings. The SMILES string of the molecule is CC(Cc1c[nH]c2ccccc12)(NC(=O)OC1CC2CCC1(C)C2(C)C)C(=O)N1CCC(O)C1. The molecule has 3 N–H and O–H groups in total. The minimum Gasteiger partial charge on any atom is -0.446 e. The van der Waals surface area contributed by atoms with Gasteiger partial charge in [-0.15, -0.1) is 0 Å². The van der Waals surface area contributed by atoms with Gasteiger partial charge in [0.25, 0.3) is 0 Å². The second-order valence-corrected chi connectivity index (χ2v) is 11.7. The molecule has 1 saturated heterocycles. The van der Waals surface area contributed by atoms with Crippen LogP contribution >= 0.6 is 0 Å². The molecule has 3 fully saturated rings. The lowest BCUT2D eigenvalue weighted by molar-refractivity contribution is -0.137. The standard InChI is InChI=1S/C27H37N3O4/c1-25(2)18-9-11-26(25,3)22(13-18)34-24(33)29-27(4,23(32)30-12-10-19(31)16-30)14-17-15-28-21-8-6-5-7-20(17)21/h5-8,15,18-19,22,28,31H,9-14,16H2,1-4H3,(H,29,33). The van der Waals surface area contributed by atoms with Gasteiger partial charge in [-0.25, -0.2) is 4.79 Å². The summed E-state index contributed by atoms with van der Waals surface area (Å²) in [6.07, 6.45) is 4.68. The number of hydrogen-bond acceptors (Lipinski definition) is 4. The number of alkyl carbamates (subject to hydrolysis) is 1. The molecule has 3 aliphatic rings. The normalized spacial score (nSPS) is 31.6. The summed E-state index contributed by atoms with van der Waals surface area (Å²) in [7, 11) is 0. The lowest BCUT2D eigenvalue weighted by Gasteiger charge is -2.39. The highest BCUT2D eigenvalue weighted by molar-refractivity contribution is 5.91. The Morgan fingerprint density at radius 3 is 2.68 bits per heavy atom. The summed E-state index contributed by atoms with van der Waals surface area (Å²) in [4.78, 5) is 31.9. The third kappa shape index (κ3) is 3.60. The number of carbonyl (C=O) groups is 2. The number of nitrogens with one attached hydrogen (secondary N) is 2. The van der Waals surface area contributed by atoms with Crippen molar-refractivity contribution in [2.45, 2.75) is 77.5 Å². The first-order chi connectivity index (χ1) is 16.0. The number of amides is 2. The van der Waals surface area contributed by atoms with E-state index in [0.29, 0.717) is 25.3 Å². The number of carbonyl (C=O) groups excluding carboxylic acids is 2. The second kappa shape index (κ2) is 8.01. The van der Waals surface area contributed by atoms with Crippen molar-refractivity contribution >= 4 is 22.9 Å². The number of aromatic amines is 1. The van der Waals surface area contributed by atoms with Crippen LogP contribution in [0.5, 0.6) is 0 Å². The first-order valence-electron chi connectivity index (χ1n) is 12.5. The summed E-state index contributed by atoms with van der Waals surface area (Å²) in [5, 5.41) is 14.0. The van der Waals surface area contributed by atoms with Crippen LogP contribution in [-0.4, -0.2) is 57.8 Å². The number of para-hydroxylation sites is 1. The van der Waals surface area contributed by atoms with Gasteiger partial charge in [0.15, 0.2) is 0 Å². The van der Waals surface area contributed by atoms with E-state index >= 15 is 0 Å². The Labute approximate surface area is 201 Å². The van der Waals surface area contributed by atoms with Crippen molar-refractivity contribution in [2.24, 2.45) is 16.7 Å². The molecule has 1 aromatic carbocycles. The number of fused-ring (bicyclic) bond motifs is 3. The van der Waals surface area contributed by atoms with Gasteiger partial charge in [0.05, 0.1) is 6.10 Å². The minimum atomic E-state index is -1.19. The molecule has 0 radical (unpaired) electrons. The Kier molecular flexibility index (Phi) is 5.47. The van der Waals surface area contributed by atoms with E-state index in [2.05, 4.69) is 31.1 Å². The number of benzene rings is 1. The predicted octanol–water partition coefficient (Wildman–Crippen LogP) is 4.00. The number of H-pyrrole nitrogens is 1. The molecule has 2 bridgehead atoms. The molecule has 2 saturated carbocycles. The predicted molar refractivity (Wildman–Crippen MR) is 130 cm³/mol. The van der Waals surface area contributed by atoms with E-state index in [1.165, 1.54) is 6.42 Å². The Hall–Kier alpha value is -2.54. The van der Waals surface area contributed by atoms with Crippen LogP contribution in [0.25, 0.3) is 10.9 Å². The highest BCUT2D eigenvalue weighted by Gasteiger charge is 2.63.